The summed E-state index contributed by atoms with van der Waals surface area (Å²) in [6, 6.07) is 18.8. The van der Waals surface area contributed by atoms with Crippen molar-refractivity contribution >= 4 is 0 Å². The fourth-order valence-corrected chi connectivity index (χ4v) is 2.44. The second-order valence-corrected chi connectivity index (χ2v) is 5.68. The van der Waals surface area contributed by atoms with Crippen LogP contribution in [0.25, 0.3) is 0 Å². The van der Waals surface area contributed by atoms with E-state index in [0.717, 1.165) is 11.1 Å². The molecule has 0 amide bonds. The van der Waals surface area contributed by atoms with Crippen molar-refractivity contribution in [1.29, 1.82) is 0 Å². The summed E-state index contributed by atoms with van der Waals surface area (Å²) in [6.07, 6.45) is -3.15. The van der Waals surface area contributed by atoms with E-state index in [-0.39, 0.29) is 12.2 Å². The molecule has 0 N–H and O–H groups in total. The number of ether oxygens (including phenoxy) is 3. The summed E-state index contributed by atoms with van der Waals surface area (Å²) in [4.78, 5) is 0. The summed E-state index contributed by atoms with van der Waals surface area (Å²) >= 11 is 0. The van der Waals surface area contributed by atoms with Gasteiger partial charge in [0.15, 0.2) is 12.6 Å². The van der Waals surface area contributed by atoms with Gasteiger partial charge < -0.3 is 14.2 Å². The first-order valence-electron chi connectivity index (χ1n) is 8.32. The fraction of sp³-hybridized carbons (Fsp3) is 0.400. The Balaban J connectivity index is 1.91. The van der Waals surface area contributed by atoms with Gasteiger partial charge in [-0.3, -0.25) is 0 Å². The van der Waals surface area contributed by atoms with Crippen molar-refractivity contribution in [2.45, 2.75) is 38.6 Å². The SMILES string of the molecule is CC(OC(CF)OC(CF)OC(C)c1ccccc1)c1ccccc1. The highest BCUT2D eigenvalue weighted by atomic mass is 19.1. The van der Waals surface area contributed by atoms with Crippen LogP contribution in [0, 0.1) is 0 Å². The van der Waals surface area contributed by atoms with E-state index in [1.807, 2.05) is 60.7 Å². The molecule has 5 heteroatoms. The fourth-order valence-electron chi connectivity index (χ4n) is 2.44. The zero-order chi connectivity index (χ0) is 18.1. The van der Waals surface area contributed by atoms with Crippen LogP contribution >= 0.6 is 0 Å². The van der Waals surface area contributed by atoms with Gasteiger partial charge >= 0.3 is 0 Å². The summed E-state index contributed by atoms with van der Waals surface area (Å²) in [5.41, 5.74) is 1.78. The third-order valence-corrected chi connectivity index (χ3v) is 3.81. The van der Waals surface area contributed by atoms with Crippen molar-refractivity contribution in [2.24, 2.45) is 0 Å². The Morgan fingerprint density at radius 1 is 0.640 bits per heavy atom. The van der Waals surface area contributed by atoms with Crippen LogP contribution in [0.2, 0.25) is 0 Å². The molecule has 0 spiro atoms. The van der Waals surface area contributed by atoms with Crippen molar-refractivity contribution in [1.82, 2.24) is 0 Å². The predicted molar refractivity (Wildman–Crippen MR) is 92.5 cm³/mol. The Morgan fingerprint density at radius 2 is 1.00 bits per heavy atom. The Hall–Kier alpha value is -1.82. The average Bonchev–Trinajstić information content (AvgIpc) is 2.67. The Kier molecular flexibility index (Phi) is 7.98. The highest BCUT2D eigenvalue weighted by molar-refractivity contribution is 5.17. The molecular weight excluding hydrogens is 326 g/mol. The van der Waals surface area contributed by atoms with Crippen LogP contribution in [0.15, 0.2) is 60.7 Å². The molecule has 0 heterocycles. The van der Waals surface area contributed by atoms with Crippen molar-refractivity contribution in [3.63, 3.8) is 0 Å². The highest BCUT2D eigenvalue weighted by Gasteiger charge is 2.23. The van der Waals surface area contributed by atoms with Gasteiger partial charge in [0.1, 0.15) is 13.3 Å². The van der Waals surface area contributed by atoms with Crippen LogP contribution in [0.3, 0.4) is 0 Å². The lowest BCUT2D eigenvalue weighted by atomic mass is 10.1. The molecule has 0 aliphatic rings. The van der Waals surface area contributed by atoms with Crippen LogP contribution in [-0.2, 0) is 14.2 Å². The third-order valence-electron chi connectivity index (χ3n) is 3.81. The van der Waals surface area contributed by atoms with Gasteiger partial charge in [-0.25, -0.2) is 8.78 Å². The lowest BCUT2D eigenvalue weighted by Crippen LogP contribution is -2.31. The standard InChI is InChI=1S/C20H24F2O3/c1-15(17-9-5-3-6-10-17)23-19(13-21)25-20(14-22)24-16(2)18-11-7-4-8-12-18/h3-12,15-16,19-20H,13-14H2,1-2H3. The summed E-state index contributed by atoms with van der Waals surface area (Å²) < 4.78 is 43.0. The minimum atomic E-state index is -1.20. The maximum atomic E-state index is 13.3. The minimum Gasteiger partial charge on any atom is -0.342 e. The first-order valence-corrected chi connectivity index (χ1v) is 8.32. The molecule has 0 saturated carbocycles. The molecule has 0 fully saturated rings. The maximum Gasteiger partial charge on any atom is 0.189 e. The first-order chi connectivity index (χ1) is 12.1. The lowest BCUT2D eigenvalue weighted by molar-refractivity contribution is -0.274. The molecule has 25 heavy (non-hydrogen) atoms. The van der Waals surface area contributed by atoms with Gasteiger partial charge in [0, 0.05) is 0 Å². The van der Waals surface area contributed by atoms with E-state index >= 15 is 0 Å². The zero-order valence-electron chi connectivity index (χ0n) is 14.5. The second kappa shape index (κ2) is 10.2. The molecule has 0 bridgehead atoms. The summed E-state index contributed by atoms with van der Waals surface area (Å²) in [6.45, 7) is 1.80. The van der Waals surface area contributed by atoms with Gasteiger partial charge in [-0.05, 0) is 25.0 Å². The van der Waals surface area contributed by atoms with Crippen LogP contribution in [0.1, 0.15) is 37.2 Å². The van der Waals surface area contributed by atoms with Crippen molar-refractivity contribution in [3.05, 3.63) is 71.8 Å². The smallest absolute Gasteiger partial charge is 0.189 e. The second-order valence-electron chi connectivity index (χ2n) is 5.68. The number of hydrogen-bond acceptors (Lipinski definition) is 3. The van der Waals surface area contributed by atoms with E-state index in [1.165, 1.54) is 0 Å². The molecule has 4 atom stereocenters. The Bertz CT molecular complexity index is 541. The van der Waals surface area contributed by atoms with Crippen LogP contribution < -0.4 is 0 Å². The monoisotopic (exact) mass is 350 g/mol. The molecule has 0 aliphatic carbocycles. The number of benzene rings is 2. The minimum absolute atomic E-state index is 0.381. The predicted octanol–water partition coefficient (Wildman–Crippen LogP) is 5.15. The molecule has 136 valence electrons. The molecule has 0 saturated heterocycles. The van der Waals surface area contributed by atoms with Gasteiger partial charge in [-0.2, -0.15) is 0 Å². The van der Waals surface area contributed by atoms with Crippen molar-refractivity contribution in [3.8, 4) is 0 Å². The molecule has 3 nitrogen and oxygen atoms in total. The van der Waals surface area contributed by atoms with Crippen molar-refractivity contribution in [2.75, 3.05) is 13.3 Å². The molecule has 2 aromatic rings. The number of alkyl halides is 2. The maximum absolute atomic E-state index is 13.3. The topological polar surface area (TPSA) is 27.7 Å². The van der Waals surface area contributed by atoms with Crippen LogP contribution in [0.5, 0.6) is 0 Å². The van der Waals surface area contributed by atoms with E-state index in [9.17, 15) is 8.78 Å². The summed E-state index contributed by atoms with van der Waals surface area (Å²) in [7, 11) is 0. The van der Waals surface area contributed by atoms with E-state index < -0.39 is 25.9 Å². The number of halogens is 2. The largest absolute Gasteiger partial charge is 0.342 e. The van der Waals surface area contributed by atoms with E-state index in [0.29, 0.717) is 0 Å². The van der Waals surface area contributed by atoms with Gasteiger partial charge in [-0.15, -0.1) is 0 Å². The van der Waals surface area contributed by atoms with E-state index in [4.69, 9.17) is 14.2 Å². The van der Waals surface area contributed by atoms with Gasteiger partial charge in [0.05, 0.1) is 12.2 Å². The zero-order valence-corrected chi connectivity index (χ0v) is 14.5. The quantitative estimate of drug-likeness (QED) is 0.555. The van der Waals surface area contributed by atoms with Gasteiger partial charge in [0.25, 0.3) is 0 Å². The molecule has 0 aromatic heterocycles. The summed E-state index contributed by atoms with van der Waals surface area (Å²) in [5.74, 6) is 0. The van der Waals surface area contributed by atoms with Crippen molar-refractivity contribution < 1.29 is 23.0 Å². The normalized spacial score (nSPS) is 16.2. The molecular formula is C20H24F2O3. The first kappa shape index (κ1) is 19.5. The highest BCUT2D eigenvalue weighted by Crippen LogP contribution is 2.22. The molecule has 4 unspecified atom stereocenters. The molecule has 0 radical (unpaired) electrons. The van der Waals surface area contributed by atoms with Gasteiger partial charge in [-0.1, -0.05) is 60.7 Å². The number of rotatable bonds is 10. The van der Waals surface area contributed by atoms with E-state index in [2.05, 4.69) is 0 Å². The Morgan fingerprint density at radius 3 is 1.32 bits per heavy atom. The lowest BCUT2D eigenvalue weighted by Gasteiger charge is -2.26. The van der Waals surface area contributed by atoms with Crippen LogP contribution in [-0.4, -0.2) is 25.9 Å². The Labute approximate surface area is 147 Å². The van der Waals surface area contributed by atoms with Gasteiger partial charge in [0.2, 0.25) is 0 Å². The molecule has 2 rings (SSSR count). The summed E-state index contributed by atoms with van der Waals surface area (Å²) in [5, 5.41) is 0. The molecule has 0 aliphatic heterocycles. The average molecular weight is 350 g/mol. The number of hydrogen-bond donors (Lipinski definition) is 0. The van der Waals surface area contributed by atoms with Crippen LogP contribution in [0.4, 0.5) is 8.78 Å². The molecule has 2 aromatic carbocycles. The van der Waals surface area contributed by atoms with E-state index in [1.54, 1.807) is 13.8 Å². The third kappa shape index (κ3) is 6.20.